The zero-order valence-corrected chi connectivity index (χ0v) is 6.79. The van der Waals surface area contributed by atoms with Crippen LogP contribution in [0.4, 0.5) is 0 Å². The Morgan fingerprint density at radius 1 is 1.73 bits per heavy atom. The van der Waals surface area contributed by atoms with E-state index in [1.54, 1.807) is 0 Å². The second-order valence-corrected chi connectivity index (χ2v) is 3.18. The number of carbonyl (C=O) groups excluding carboxylic acids is 1. The van der Waals surface area contributed by atoms with Gasteiger partial charge in [-0.15, -0.1) is 0 Å². The number of nitrogens with zero attached hydrogens (tertiary/aromatic N) is 1. The molecule has 1 rings (SSSR count). The summed E-state index contributed by atoms with van der Waals surface area (Å²) in [6, 6.07) is 0.126. The van der Waals surface area contributed by atoms with Crippen LogP contribution in [0.2, 0.25) is 0 Å². The molecule has 0 aliphatic heterocycles. The highest BCUT2D eigenvalue weighted by Crippen LogP contribution is 2.24. The van der Waals surface area contributed by atoms with E-state index in [1.165, 1.54) is 12.8 Å². The summed E-state index contributed by atoms with van der Waals surface area (Å²) >= 11 is 0. The van der Waals surface area contributed by atoms with E-state index in [4.69, 9.17) is 11.5 Å². The molecule has 1 aliphatic carbocycles. The molecule has 1 saturated carbocycles. The SMILES string of the molecule is CN(CC(N)C(N)=O)C1CC1. The van der Waals surface area contributed by atoms with Gasteiger partial charge >= 0.3 is 0 Å². The van der Waals surface area contributed by atoms with Gasteiger partial charge in [-0.25, -0.2) is 0 Å². The van der Waals surface area contributed by atoms with E-state index in [0.717, 1.165) is 0 Å². The molecule has 4 N–H and O–H groups in total. The van der Waals surface area contributed by atoms with Gasteiger partial charge in [0.05, 0.1) is 6.04 Å². The van der Waals surface area contributed by atoms with Crippen LogP contribution in [0.25, 0.3) is 0 Å². The fourth-order valence-electron chi connectivity index (χ4n) is 1.06. The smallest absolute Gasteiger partial charge is 0.235 e. The van der Waals surface area contributed by atoms with Crippen LogP contribution in [0.1, 0.15) is 12.8 Å². The fourth-order valence-corrected chi connectivity index (χ4v) is 1.06. The van der Waals surface area contributed by atoms with Crippen molar-refractivity contribution in [3.05, 3.63) is 0 Å². The van der Waals surface area contributed by atoms with E-state index in [9.17, 15) is 4.79 Å². The van der Waals surface area contributed by atoms with Crippen LogP contribution in [0.3, 0.4) is 0 Å². The first kappa shape index (κ1) is 8.49. The molecule has 1 amide bonds. The highest BCUT2D eigenvalue weighted by molar-refractivity contribution is 5.79. The quantitative estimate of drug-likeness (QED) is 0.543. The van der Waals surface area contributed by atoms with Gasteiger partial charge in [0.25, 0.3) is 0 Å². The van der Waals surface area contributed by atoms with E-state index in [2.05, 4.69) is 4.90 Å². The van der Waals surface area contributed by atoms with E-state index in [1.807, 2.05) is 7.05 Å². The standard InChI is InChI=1S/C7H15N3O/c1-10(5-2-3-5)4-6(8)7(9)11/h5-6H,2-4,8H2,1H3,(H2,9,11). The van der Waals surface area contributed by atoms with Crippen LogP contribution < -0.4 is 11.5 Å². The van der Waals surface area contributed by atoms with E-state index < -0.39 is 11.9 Å². The predicted molar refractivity (Wildman–Crippen MR) is 42.8 cm³/mol. The molecule has 0 aromatic heterocycles. The van der Waals surface area contributed by atoms with Crippen molar-refractivity contribution in [1.82, 2.24) is 4.90 Å². The molecule has 4 nitrogen and oxygen atoms in total. The molecule has 0 radical (unpaired) electrons. The summed E-state index contributed by atoms with van der Waals surface area (Å²) in [5.41, 5.74) is 10.5. The monoisotopic (exact) mass is 157 g/mol. The van der Waals surface area contributed by atoms with Gasteiger partial charge in [0.2, 0.25) is 5.91 Å². The van der Waals surface area contributed by atoms with Crippen LogP contribution in [-0.4, -0.2) is 36.5 Å². The Balaban J connectivity index is 2.22. The van der Waals surface area contributed by atoms with Gasteiger partial charge in [0.15, 0.2) is 0 Å². The molecule has 0 saturated heterocycles. The fraction of sp³-hybridized carbons (Fsp3) is 0.857. The van der Waals surface area contributed by atoms with E-state index in [-0.39, 0.29) is 0 Å². The van der Waals surface area contributed by atoms with Crippen molar-refractivity contribution in [3.8, 4) is 0 Å². The third-order valence-electron chi connectivity index (χ3n) is 2.02. The molecule has 0 aromatic rings. The first-order chi connectivity index (χ1) is 5.11. The Morgan fingerprint density at radius 2 is 2.27 bits per heavy atom. The number of carbonyl (C=O) groups is 1. The minimum Gasteiger partial charge on any atom is -0.368 e. The van der Waals surface area contributed by atoms with Gasteiger partial charge in [0.1, 0.15) is 0 Å². The molecule has 1 unspecified atom stereocenters. The zero-order valence-electron chi connectivity index (χ0n) is 6.79. The average Bonchev–Trinajstić information content (AvgIpc) is 2.67. The number of likely N-dealkylation sites (N-methyl/N-ethyl adjacent to an activating group) is 1. The molecule has 0 bridgehead atoms. The van der Waals surface area contributed by atoms with Gasteiger partial charge in [-0.1, -0.05) is 0 Å². The molecule has 0 heterocycles. The highest BCUT2D eigenvalue weighted by Gasteiger charge is 2.27. The van der Waals surface area contributed by atoms with Crippen LogP contribution in [0, 0.1) is 0 Å². The molecule has 11 heavy (non-hydrogen) atoms. The summed E-state index contributed by atoms with van der Waals surface area (Å²) in [5.74, 6) is -0.419. The minimum absolute atomic E-state index is 0.419. The maximum Gasteiger partial charge on any atom is 0.235 e. The van der Waals surface area contributed by atoms with Crippen molar-refractivity contribution in [2.45, 2.75) is 24.9 Å². The maximum absolute atomic E-state index is 10.5. The largest absolute Gasteiger partial charge is 0.368 e. The summed E-state index contributed by atoms with van der Waals surface area (Å²) in [4.78, 5) is 12.6. The number of hydrogen-bond acceptors (Lipinski definition) is 3. The molecule has 1 fully saturated rings. The topological polar surface area (TPSA) is 72.3 Å². The number of nitrogens with two attached hydrogens (primary N) is 2. The first-order valence-electron chi connectivity index (χ1n) is 3.86. The Bertz CT molecular complexity index is 156. The average molecular weight is 157 g/mol. The highest BCUT2D eigenvalue weighted by atomic mass is 16.1. The van der Waals surface area contributed by atoms with Crippen molar-refractivity contribution in [3.63, 3.8) is 0 Å². The summed E-state index contributed by atoms with van der Waals surface area (Å²) < 4.78 is 0. The molecular formula is C7H15N3O. The predicted octanol–water partition coefficient (Wildman–Crippen LogP) is -1.11. The molecule has 4 heteroatoms. The number of rotatable bonds is 4. The van der Waals surface area contributed by atoms with Crippen molar-refractivity contribution in [2.75, 3.05) is 13.6 Å². The van der Waals surface area contributed by atoms with Gasteiger partial charge in [0, 0.05) is 12.6 Å². The molecule has 0 spiro atoms. The lowest BCUT2D eigenvalue weighted by Gasteiger charge is -2.18. The number of hydrogen-bond donors (Lipinski definition) is 2. The second-order valence-electron chi connectivity index (χ2n) is 3.18. The summed E-state index contributed by atoms with van der Waals surface area (Å²) in [5, 5.41) is 0. The van der Waals surface area contributed by atoms with E-state index in [0.29, 0.717) is 12.6 Å². The Hall–Kier alpha value is -0.610. The van der Waals surface area contributed by atoms with Gasteiger partial charge in [-0.3, -0.25) is 4.79 Å². The third kappa shape index (κ3) is 2.48. The van der Waals surface area contributed by atoms with Crippen molar-refractivity contribution in [2.24, 2.45) is 11.5 Å². The lowest BCUT2D eigenvalue weighted by molar-refractivity contribution is -0.119. The number of primary amides is 1. The Morgan fingerprint density at radius 3 is 2.64 bits per heavy atom. The molecule has 64 valence electrons. The third-order valence-corrected chi connectivity index (χ3v) is 2.02. The summed E-state index contributed by atoms with van der Waals surface area (Å²) in [6.45, 7) is 0.583. The Kier molecular flexibility index (Phi) is 2.46. The lowest BCUT2D eigenvalue weighted by atomic mass is 10.3. The van der Waals surface area contributed by atoms with Crippen LogP contribution >= 0.6 is 0 Å². The van der Waals surface area contributed by atoms with Crippen LogP contribution in [0.15, 0.2) is 0 Å². The first-order valence-corrected chi connectivity index (χ1v) is 3.86. The zero-order chi connectivity index (χ0) is 8.43. The van der Waals surface area contributed by atoms with E-state index >= 15 is 0 Å². The number of amides is 1. The van der Waals surface area contributed by atoms with Crippen molar-refractivity contribution in [1.29, 1.82) is 0 Å². The lowest BCUT2D eigenvalue weighted by Crippen LogP contribution is -2.45. The Labute approximate surface area is 66.5 Å². The summed E-state index contributed by atoms with van der Waals surface area (Å²) in [7, 11) is 1.97. The van der Waals surface area contributed by atoms with Crippen molar-refractivity contribution >= 4 is 5.91 Å². The van der Waals surface area contributed by atoms with Gasteiger partial charge in [-0.05, 0) is 19.9 Å². The van der Waals surface area contributed by atoms with Crippen LogP contribution in [-0.2, 0) is 4.79 Å². The second kappa shape index (κ2) is 3.19. The molecule has 1 aliphatic rings. The van der Waals surface area contributed by atoms with Crippen molar-refractivity contribution < 1.29 is 4.79 Å². The maximum atomic E-state index is 10.5. The van der Waals surface area contributed by atoms with Gasteiger partial charge < -0.3 is 16.4 Å². The molecule has 0 aromatic carbocycles. The summed E-state index contributed by atoms with van der Waals surface area (Å²) in [6.07, 6.45) is 2.45. The normalized spacial score (nSPS) is 20.3. The van der Waals surface area contributed by atoms with Crippen LogP contribution in [0.5, 0.6) is 0 Å². The minimum atomic E-state index is -0.513. The molecule has 1 atom stereocenters. The van der Waals surface area contributed by atoms with Gasteiger partial charge in [-0.2, -0.15) is 0 Å². The molecular weight excluding hydrogens is 142 g/mol.